The minimum absolute atomic E-state index is 0.120. The molecule has 5 atom stereocenters. The molecule has 0 radical (unpaired) electrons. The number of hydrogen-bond acceptors (Lipinski definition) is 13. The highest BCUT2D eigenvalue weighted by molar-refractivity contribution is 5.78. The first kappa shape index (κ1) is 49.6. The van der Waals surface area contributed by atoms with Crippen molar-refractivity contribution in [3.8, 4) is 0 Å². The van der Waals surface area contributed by atoms with Crippen LogP contribution in [0, 0.1) is 5.92 Å². The van der Waals surface area contributed by atoms with E-state index in [-0.39, 0.29) is 56.0 Å². The van der Waals surface area contributed by atoms with Crippen molar-refractivity contribution in [2.75, 3.05) is 39.5 Å². The smallest absolute Gasteiger partial charge is 0.303 e. The van der Waals surface area contributed by atoms with Gasteiger partial charge in [0.05, 0.1) is 6.61 Å². The molecule has 316 valence electrons. The zero-order valence-corrected chi connectivity index (χ0v) is 34.0. The zero-order valence-electron chi connectivity index (χ0n) is 34.0. The van der Waals surface area contributed by atoms with Gasteiger partial charge in [0.25, 0.3) is 0 Å². The number of nitrogens with one attached hydrogen (secondary N) is 2. The van der Waals surface area contributed by atoms with Gasteiger partial charge in [-0.2, -0.15) is 0 Å². The largest absolute Gasteiger partial charge is 0.463 e. The number of carbonyl (C=O) groups excluding carboxylic acids is 7. The Balaban J connectivity index is 2.09. The molecule has 1 heterocycles. The van der Waals surface area contributed by atoms with Gasteiger partial charge in [0.1, 0.15) is 30.4 Å². The molecule has 2 N–H and O–H groups in total. The molecule has 1 aliphatic heterocycles. The van der Waals surface area contributed by atoms with Crippen LogP contribution >= 0.6 is 0 Å². The van der Waals surface area contributed by atoms with E-state index >= 15 is 0 Å². The highest BCUT2D eigenvalue weighted by Gasteiger charge is 2.48. The predicted octanol–water partition coefficient (Wildman–Crippen LogP) is 4.83. The molecule has 0 aromatic heterocycles. The average Bonchev–Trinajstić information content (AvgIpc) is 3.11. The molecule has 0 aromatic rings. The number of carbonyl (C=O) groups is 7. The van der Waals surface area contributed by atoms with E-state index in [0.717, 1.165) is 32.1 Å². The van der Waals surface area contributed by atoms with Gasteiger partial charge in [-0.05, 0) is 45.4 Å². The van der Waals surface area contributed by atoms with Crippen molar-refractivity contribution in [2.45, 2.75) is 168 Å². The molecule has 1 fully saturated rings. The molecule has 0 unspecified atom stereocenters. The highest BCUT2D eigenvalue weighted by Crippen LogP contribution is 2.32. The Morgan fingerprint density at radius 2 is 1.09 bits per heavy atom. The molecule has 55 heavy (non-hydrogen) atoms. The summed E-state index contributed by atoms with van der Waals surface area (Å²) in [5.74, 6) is -1.97. The number of amides is 2. The van der Waals surface area contributed by atoms with Crippen LogP contribution in [-0.4, -0.2) is 105 Å². The highest BCUT2D eigenvalue weighted by atomic mass is 16.7. The molecule has 1 aliphatic rings. The summed E-state index contributed by atoms with van der Waals surface area (Å²) in [4.78, 5) is 82.4. The Bertz CT molecular complexity index is 1160. The molecular formula is C40H68N2O13. The number of rotatable bonds is 32. The number of hydrogen-bond donors (Lipinski definition) is 2. The summed E-state index contributed by atoms with van der Waals surface area (Å²) >= 11 is 0. The lowest BCUT2D eigenvalue weighted by Crippen LogP contribution is -2.58. The van der Waals surface area contributed by atoms with Crippen LogP contribution in [0.2, 0.25) is 0 Å². The molecule has 0 spiro atoms. The fourth-order valence-electron chi connectivity index (χ4n) is 6.09. The Kier molecular flexibility index (Phi) is 27.7. The van der Waals surface area contributed by atoms with E-state index in [0.29, 0.717) is 64.6 Å². The lowest BCUT2D eigenvalue weighted by Gasteiger charge is -2.43. The van der Waals surface area contributed by atoms with Gasteiger partial charge in [0.2, 0.25) is 11.8 Å². The normalized spacial score (nSPS) is 19.3. The molecule has 2 amide bonds. The van der Waals surface area contributed by atoms with Gasteiger partial charge in [-0.25, -0.2) is 0 Å². The Hall–Kier alpha value is -3.43. The van der Waals surface area contributed by atoms with Crippen molar-refractivity contribution in [3.63, 3.8) is 0 Å². The van der Waals surface area contributed by atoms with Crippen molar-refractivity contribution in [3.05, 3.63) is 0 Å². The van der Waals surface area contributed by atoms with Crippen molar-refractivity contribution in [1.82, 2.24) is 10.6 Å². The number of ketones is 2. The van der Waals surface area contributed by atoms with Gasteiger partial charge < -0.3 is 43.8 Å². The van der Waals surface area contributed by atoms with Gasteiger partial charge in [0.15, 0.2) is 12.4 Å². The second-order valence-corrected chi connectivity index (χ2v) is 14.3. The first-order valence-electron chi connectivity index (χ1n) is 20.2. The van der Waals surface area contributed by atoms with E-state index in [1.807, 2.05) is 0 Å². The standard InChI is InChI=1S/C40H68N2O13/c1-29(43)18-12-10-8-6-7-9-11-13-19-34(47)20-16-25-50-27-22-37(49)42-24-17-23-41-36(48)21-14-15-26-51-40-30(2)38(53-32(4)45)39(54-33(5)46)35(55-40)28-52-31(3)44/h30,35,38-40H,6-28H2,1-5H3,(H,41,48)(H,42,49)/t30-,35-,38-,39+,40-/m1/s1. The molecule has 0 aliphatic carbocycles. The summed E-state index contributed by atoms with van der Waals surface area (Å²) in [6.07, 6.45) is 9.78. The molecule has 15 heteroatoms. The van der Waals surface area contributed by atoms with E-state index in [1.54, 1.807) is 13.8 Å². The van der Waals surface area contributed by atoms with E-state index in [9.17, 15) is 33.6 Å². The summed E-state index contributed by atoms with van der Waals surface area (Å²) in [5, 5.41) is 5.65. The van der Waals surface area contributed by atoms with Crippen molar-refractivity contribution < 1.29 is 62.0 Å². The van der Waals surface area contributed by atoms with Crippen LogP contribution in [0.5, 0.6) is 0 Å². The van der Waals surface area contributed by atoms with Crippen LogP contribution in [-0.2, 0) is 62.0 Å². The monoisotopic (exact) mass is 784 g/mol. The summed E-state index contributed by atoms with van der Waals surface area (Å²) in [5.41, 5.74) is 0. The van der Waals surface area contributed by atoms with E-state index in [4.69, 9.17) is 28.4 Å². The fourth-order valence-corrected chi connectivity index (χ4v) is 6.09. The zero-order chi connectivity index (χ0) is 40.8. The lowest BCUT2D eigenvalue weighted by molar-refractivity contribution is -0.288. The van der Waals surface area contributed by atoms with E-state index in [1.165, 1.54) is 40.0 Å². The second kappa shape index (κ2) is 30.7. The topological polar surface area (TPSA) is 199 Å². The van der Waals surface area contributed by atoms with Gasteiger partial charge in [-0.1, -0.05) is 45.4 Å². The maximum absolute atomic E-state index is 12.3. The third-order valence-corrected chi connectivity index (χ3v) is 9.03. The van der Waals surface area contributed by atoms with Gasteiger partial charge in [-0.3, -0.25) is 28.8 Å². The molecular weight excluding hydrogens is 716 g/mol. The van der Waals surface area contributed by atoms with E-state index in [2.05, 4.69) is 10.6 Å². The fraction of sp³-hybridized carbons (Fsp3) is 0.825. The maximum Gasteiger partial charge on any atom is 0.303 e. The summed E-state index contributed by atoms with van der Waals surface area (Å²) in [6.45, 7) is 8.67. The number of unbranched alkanes of at least 4 members (excludes halogenated alkanes) is 8. The molecule has 0 bridgehead atoms. The molecule has 1 rings (SSSR count). The van der Waals surface area contributed by atoms with Crippen LogP contribution in [0.1, 0.15) is 144 Å². The van der Waals surface area contributed by atoms with Crippen molar-refractivity contribution in [2.24, 2.45) is 5.92 Å². The van der Waals surface area contributed by atoms with Crippen LogP contribution in [0.3, 0.4) is 0 Å². The molecule has 0 saturated carbocycles. The molecule has 1 saturated heterocycles. The first-order valence-corrected chi connectivity index (χ1v) is 20.2. The van der Waals surface area contributed by atoms with Crippen LogP contribution in [0.25, 0.3) is 0 Å². The van der Waals surface area contributed by atoms with Gasteiger partial charge in [0, 0.05) is 85.1 Å². The lowest BCUT2D eigenvalue weighted by atomic mass is 9.92. The van der Waals surface area contributed by atoms with E-state index < -0.39 is 48.4 Å². The maximum atomic E-state index is 12.3. The van der Waals surface area contributed by atoms with Gasteiger partial charge in [-0.15, -0.1) is 0 Å². The van der Waals surface area contributed by atoms with Crippen molar-refractivity contribution >= 4 is 41.3 Å². The van der Waals surface area contributed by atoms with Crippen LogP contribution in [0.15, 0.2) is 0 Å². The Morgan fingerprint density at radius 1 is 0.545 bits per heavy atom. The molecule has 0 aromatic carbocycles. The molecule has 15 nitrogen and oxygen atoms in total. The van der Waals surface area contributed by atoms with Crippen molar-refractivity contribution in [1.29, 1.82) is 0 Å². The predicted molar refractivity (Wildman–Crippen MR) is 203 cm³/mol. The summed E-state index contributed by atoms with van der Waals surface area (Å²) in [6, 6.07) is 0. The Morgan fingerprint density at radius 3 is 1.69 bits per heavy atom. The second-order valence-electron chi connectivity index (χ2n) is 14.3. The number of ether oxygens (including phenoxy) is 6. The van der Waals surface area contributed by atoms with Crippen LogP contribution in [0.4, 0.5) is 0 Å². The number of esters is 3. The Labute approximate surface area is 327 Å². The van der Waals surface area contributed by atoms with Gasteiger partial charge >= 0.3 is 17.9 Å². The first-order chi connectivity index (χ1) is 26.3. The third kappa shape index (κ3) is 26.1. The average molecular weight is 785 g/mol. The number of Topliss-reactive ketones (excluding diaryl/α,β-unsaturated/α-hetero) is 2. The summed E-state index contributed by atoms with van der Waals surface area (Å²) in [7, 11) is 0. The SMILES string of the molecule is CC(=O)CCCCCCCCCCC(=O)CCCOCCC(=O)NCCCNC(=O)CCCCO[C@@H]1O[C@H](COC(C)=O)[C@H](OC(C)=O)[C@H](OC(C)=O)[C@H]1C. The quantitative estimate of drug-likeness (QED) is 0.0535. The minimum Gasteiger partial charge on any atom is -0.463 e. The summed E-state index contributed by atoms with van der Waals surface area (Å²) < 4.78 is 33.3. The minimum atomic E-state index is -0.996. The third-order valence-electron chi connectivity index (χ3n) is 9.03. The van der Waals surface area contributed by atoms with Crippen LogP contribution < -0.4 is 10.6 Å².